The molecule has 21 heavy (non-hydrogen) atoms. The molecule has 1 aliphatic heterocycles. The minimum absolute atomic E-state index is 0.0807. The van der Waals surface area contributed by atoms with Crippen LogP contribution >= 0.6 is 0 Å². The minimum Gasteiger partial charge on any atom is -0.489 e. The van der Waals surface area contributed by atoms with Gasteiger partial charge in [0.05, 0.1) is 11.2 Å². The topological polar surface area (TPSA) is 58.6 Å². The number of benzene rings is 1. The van der Waals surface area contributed by atoms with E-state index in [4.69, 9.17) is 4.74 Å². The van der Waals surface area contributed by atoms with Gasteiger partial charge < -0.3 is 15.2 Å². The monoisotopic (exact) mass is 291 g/mol. The minimum atomic E-state index is -0.871. The van der Waals surface area contributed by atoms with Gasteiger partial charge in [-0.3, -0.25) is 4.79 Å². The zero-order chi connectivity index (χ0) is 15.6. The van der Waals surface area contributed by atoms with Crippen molar-refractivity contribution in [1.29, 1.82) is 0 Å². The molecule has 3 atom stereocenters. The number of amides is 1. The van der Waals surface area contributed by atoms with Crippen molar-refractivity contribution in [3.63, 3.8) is 0 Å². The lowest BCUT2D eigenvalue weighted by atomic mass is 9.96. The Morgan fingerprint density at radius 1 is 1.43 bits per heavy atom. The maximum atomic E-state index is 12.4. The number of hydrogen-bond acceptors (Lipinski definition) is 3. The van der Waals surface area contributed by atoms with Gasteiger partial charge in [0, 0.05) is 18.0 Å². The van der Waals surface area contributed by atoms with E-state index in [1.54, 1.807) is 13.0 Å². The highest BCUT2D eigenvalue weighted by Gasteiger charge is 2.31. The SMILES string of the molecule is CCCC(C)(O)CNC(=O)c1cccc2c1OC(C)C2C. The number of fused-ring (bicyclic) bond motifs is 1. The highest BCUT2D eigenvalue weighted by atomic mass is 16.5. The van der Waals surface area contributed by atoms with E-state index in [0.717, 1.165) is 12.0 Å². The molecule has 2 N–H and O–H groups in total. The van der Waals surface area contributed by atoms with Crippen LogP contribution in [0.15, 0.2) is 18.2 Å². The summed E-state index contributed by atoms with van der Waals surface area (Å²) in [6.45, 7) is 8.11. The van der Waals surface area contributed by atoms with Crippen LogP contribution in [0.5, 0.6) is 5.75 Å². The molecule has 0 aliphatic carbocycles. The highest BCUT2D eigenvalue weighted by Crippen LogP contribution is 2.40. The number of para-hydroxylation sites is 1. The third-order valence-electron chi connectivity index (χ3n) is 4.21. The summed E-state index contributed by atoms with van der Waals surface area (Å²) in [6, 6.07) is 5.66. The van der Waals surface area contributed by atoms with Crippen molar-refractivity contribution in [3.8, 4) is 5.75 Å². The molecular weight excluding hydrogens is 266 g/mol. The Labute approximate surface area is 126 Å². The van der Waals surface area contributed by atoms with Gasteiger partial charge >= 0.3 is 0 Å². The lowest BCUT2D eigenvalue weighted by molar-refractivity contribution is 0.0468. The number of nitrogens with one attached hydrogen (secondary N) is 1. The lowest BCUT2D eigenvalue weighted by Crippen LogP contribution is -2.40. The fraction of sp³-hybridized carbons (Fsp3) is 0.588. The zero-order valence-electron chi connectivity index (χ0n) is 13.3. The lowest BCUT2D eigenvalue weighted by Gasteiger charge is -2.23. The molecule has 4 heteroatoms. The van der Waals surface area contributed by atoms with Crippen molar-refractivity contribution in [2.45, 2.75) is 58.2 Å². The molecule has 2 rings (SSSR count). The molecule has 1 aromatic rings. The summed E-state index contributed by atoms with van der Waals surface area (Å²) < 4.78 is 5.83. The van der Waals surface area contributed by atoms with Crippen LogP contribution in [0.1, 0.15) is 62.4 Å². The fourth-order valence-electron chi connectivity index (χ4n) is 2.76. The van der Waals surface area contributed by atoms with Gasteiger partial charge in [-0.2, -0.15) is 0 Å². The average molecular weight is 291 g/mol. The second kappa shape index (κ2) is 6.06. The maximum absolute atomic E-state index is 12.4. The second-order valence-electron chi connectivity index (χ2n) is 6.27. The van der Waals surface area contributed by atoms with Crippen molar-refractivity contribution in [3.05, 3.63) is 29.3 Å². The smallest absolute Gasteiger partial charge is 0.255 e. The van der Waals surface area contributed by atoms with Gasteiger partial charge in [0.25, 0.3) is 5.91 Å². The predicted octanol–water partition coefficient (Wildman–Crippen LogP) is 2.85. The standard InChI is InChI=1S/C17H25NO3/c1-5-9-17(4,20)10-18-16(19)14-8-6-7-13-11(2)12(3)21-15(13)14/h6-8,11-12,20H,5,9-10H2,1-4H3,(H,18,19). The normalized spacial score (nSPS) is 23.1. The van der Waals surface area contributed by atoms with E-state index >= 15 is 0 Å². The van der Waals surface area contributed by atoms with Gasteiger partial charge in [-0.05, 0) is 26.3 Å². The van der Waals surface area contributed by atoms with Crippen molar-refractivity contribution >= 4 is 5.91 Å². The largest absolute Gasteiger partial charge is 0.489 e. The van der Waals surface area contributed by atoms with Crippen LogP contribution in [-0.2, 0) is 0 Å². The molecule has 3 unspecified atom stereocenters. The summed E-state index contributed by atoms with van der Waals surface area (Å²) in [5, 5.41) is 13.0. The first-order chi connectivity index (χ1) is 9.85. The zero-order valence-corrected chi connectivity index (χ0v) is 13.3. The molecule has 1 amide bonds. The maximum Gasteiger partial charge on any atom is 0.255 e. The molecule has 0 saturated carbocycles. The van der Waals surface area contributed by atoms with Gasteiger partial charge in [-0.15, -0.1) is 0 Å². The van der Waals surface area contributed by atoms with Crippen LogP contribution in [0, 0.1) is 0 Å². The number of carbonyl (C=O) groups excluding carboxylic acids is 1. The molecule has 1 aromatic carbocycles. The van der Waals surface area contributed by atoms with Crippen molar-refractivity contribution in [2.75, 3.05) is 6.54 Å². The van der Waals surface area contributed by atoms with Gasteiger partial charge in [-0.25, -0.2) is 0 Å². The average Bonchev–Trinajstić information content (AvgIpc) is 2.72. The Hall–Kier alpha value is -1.55. The van der Waals surface area contributed by atoms with E-state index in [1.165, 1.54) is 0 Å². The number of aliphatic hydroxyl groups is 1. The van der Waals surface area contributed by atoms with Crippen molar-refractivity contribution < 1.29 is 14.6 Å². The van der Waals surface area contributed by atoms with E-state index in [1.807, 2.05) is 26.0 Å². The molecule has 0 fully saturated rings. The summed E-state index contributed by atoms with van der Waals surface area (Å²) in [7, 11) is 0. The molecule has 4 nitrogen and oxygen atoms in total. The Kier molecular flexibility index (Phi) is 4.57. The second-order valence-corrected chi connectivity index (χ2v) is 6.27. The molecule has 0 spiro atoms. The first-order valence-corrected chi connectivity index (χ1v) is 7.66. The van der Waals surface area contributed by atoms with Crippen LogP contribution in [-0.4, -0.2) is 29.3 Å². The van der Waals surface area contributed by atoms with E-state index in [9.17, 15) is 9.90 Å². The Balaban J connectivity index is 2.12. The molecule has 0 radical (unpaired) electrons. The van der Waals surface area contributed by atoms with Crippen molar-refractivity contribution in [1.82, 2.24) is 5.32 Å². The third kappa shape index (κ3) is 3.38. The summed E-state index contributed by atoms with van der Waals surface area (Å²) in [5.41, 5.74) is 0.760. The number of ether oxygens (including phenoxy) is 1. The molecule has 0 bridgehead atoms. The quantitative estimate of drug-likeness (QED) is 0.877. The predicted molar refractivity (Wildman–Crippen MR) is 82.8 cm³/mol. The third-order valence-corrected chi connectivity index (χ3v) is 4.21. The Morgan fingerprint density at radius 3 is 2.81 bits per heavy atom. The van der Waals surface area contributed by atoms with E-state index in [0.29, 0.717) is 17.7 Å². The molecule has 1 heterocycles. The molecule has 116 valence electrons. The number of carbonyl (C=O) groups is 1. The summed E-state index contributed by atoms with van der Waals surface area (Å²) in [4.78, 5) is 12.4. The Bertz CT molecular complexity index is 525. The molecule has 0 aromatic heterocycles. The highest BCUT2D eigenvalue weighted by molar-refractivity contribution is 5.97. The van der Waals surface area contributed by atoms with Gasteiger partial charge in [0.1, 0.15) is 11.9 Å². The van der Waals surface area contributed by atoms with Crippen LogP contribution in [0.4, 0.5) is 0 Å². The number of hydrogen-bond donors (Lipinski definition) is 2. The first-order valence-electron chi connectivity index (χ1n) is 7.66. The summed E-state index contributed by atoms with van der Waals surface area (Å²) in [6.07, 6.45) is 1.61. The summed E-state index contributed by atoms with van der Waals surface area (Å²) in [5.74, 6) is 0.783. The van der Waals surface area contributed by atoms with Crippen LogP contribution in [0.3, 0.4) is 0 Å². The molecular formula is C17H25NO3. The van der Waals surface area contributed by atoms with Crippen LogP contribution in [0.25, 0.3) is 0 Å². The molecule has 0 saturated heterocycles. The van der Waals surface area contributed by atoms with Gasteiger partial charge in [0.15, 0.2) is 0 Å². The van der Waals surface area contributed by atoms with E-state index in [-0.39, 0.29) is 24.5 Å². The van der Waals surface area contributed by atoms with Crippen molar-refractivity contribution in [2.24, 2.45) is 0 Å². The van der Waals surface area contributed by atoms with Crippen LogP contribution < -0.4 is 10.1 Å². The summed E-state index contributed by atoms with van der Waals surface area (Å²) >= 11 is 0. The fourth-order valence-corrected chi connectivity index (χ4v) is 2.76. The molecule has 1 aliphatic rings. The Morgan fingerprint density at radius 2 is 2.14 bits per heavy atom. The first kappa shape index (κ1) is 15.8. The van der Waals surface area contributed by atoms with E-state index in [2.05, 4.69) is 12.2 Å². The van der Waals surface area contributed by atoms with Gasteiger partial charge in [-0.1, -0.05) is 32.4 Å². The number of rotatable bonds is 5. The van der Waals surface area contributed by atoms with Gasteiger partial charge in [0.2, 0.25) is 0 Å². The van der Waals surface area contributed by atoms with Crippen LogP contribution in [0.2, 0.25) is 0 Å². The van der Waals surface area contributed by atoms with E-state index < -0.39 is 5.60 Å².